The minimum Gasteiger partial charge on any atom is -0.396 e. The molecule has 0 aliphatic heterocycles. The number of carbonyl (C=O) groups excluding carboxylic acids is 1. The van der Waals surface area contributed by atoms with E-state index in [0.29, 0.717) is 0 Å². The van der Waals surface area contributed by atoms with Crippen molar-refractivity contribution < 1.29 is 9.90 Å². The van der Waals surface area contributed by atoms with Crippen LogP contribution in [0.25, 0.3) is 0 Å². The standard InChI is InChI=1S/C13H26N2O2/c1-3-4-5-8-14-12(17)11(2)15-9-13(10-16)6-7-13/h11,15-16H,3-10H2,1-2H3,(H,14,17). The highest BCUT2D eigenvalue weighted by molar-refractivity contribution is 5.81. The fourth-order valence-electron chi connectivity index (χ4n) is 1.77. The first kappa shape index (κ1) is 14.5. The number of rotatable bonds is 9. The zero-order valence-electron chi connectivity index (χ0n) is 11.1. The van der Waals surface area contributed by atoms with E-state index in [-0.39, 0.29) is 24.0 Å². The van der Waals surface area contributed by atoms with Crippen molar-refractivity contribution in [2.24, 2.45) is 5.41 Å². The number of unbranched alkanes of at least 4 members (excludes halogenated alkanes) is 2. The van der Waals surface area contributed by atoms with Crippen molar-refractivity contribution >= 4 is 5.91 Å². The summed E-state index contributed by atoms with van der Waals surface area (Å²) in [7, 11) is 0. The third-order valence-electron chi connectivity index (χ3n) is 3.55. The molecule has 1 fully saturated rings. The lowest BCUT2D eigenvalue weighted by atomic mass is 10.1. The lowest BCUT2D eigenvalue weighted by Crippen LogP contribution is -2.44. The van der Waals surface area contributed by atoms with Gasteiger partial charge in [-0.2, -0.15) is 0 Å². The van der Waals surface area contributed by atoms with Gasteiger partial charge in [-0.15, -0.1) is 0 Å². The maximum atomic E-state index is 11.7. The SMILES string of the molecule is CCCCCNC(=O)C(C)NCC1(CO)CC1. The van der Waals surface area contributed by atoms with E-state index in [1.54, 1.807) is 0 Å². The average molecular weight is 242 g/mol. The quantitative estimate of drug-likeness (QED) is 0.530. The Kier molecular flexibility index (Phi) is 5.92. The van der Waals surface area contributed by atoms with Gasteiger partial charge >= 0.3 is 0 Å². The van der Waals surface area contributed by atoms with Crippen molar-refractivity contribution in [1.29, 1.82) is 0 Å². The summed E-state index contributed by atoms with van der Waals surface area (Å²) in [6.07, 6.45) is 5.52. The van der Waals surface area contributed by atoms with Crippen molar-refractivity contribution in [3.8, 4) is 0 Å². The predicted molar refractivity (Wildman–Crippen MR) is 68.8 cm³/mol. The summed E-state index contributed by atoms with van der Waals surface area (Å²) in [6.45, 7) is 5.76. The molecule has 1 aliphatic carbocycles. The summed E-state index contributed by atoms with van der Waals surface area (Å²) in [6, 6.07) is -0.166. The number of hydrogen-bond acceptors (Lipinski definition) is 3. The molecule has 0 heterocycles. The highest BCUT2D eigenvalue weighted by atomic mass is 16.3. The molecule has 1 unspecified atom stereocenters. The summed E-state index contributed by atoms with van der Waals surface area (Å²) in [5.41, 5.74) is 0.0662. The summed E-state index contributed by atoms with van der Waals surface area (Å²) in [4.78, 5) is 11.7. The van der Waals surface area contributed by atoms with Crippen LogP contribution < -0.4 is 10.6 Å². The molecule has 1 rings (SSSR count). The molecule has 3 N–H and O–H groups in total. The van der Waals surface area contributed by atoms with Gasteiger partial charge in [0.1, 0.15) is 0 Å². The Bertz CT molecular complexity index is 240. The van der Waals surface area contributed by atoms with Gasteiger partial charge in [0.05, 0.1) is 6.04 Å². The van der Waals surface area contributed by atoms with Crippen LogP contribution in [-0.2, 0) is 4.79 Å². The smallest absolute Gasteiger partial charge is 0.236 e. The second-order valence-electron chi connectivity index (χ2n) is 5.26. The molecule has 1 atom stereocenters. The monoisotopic (exact) mass is 242 g/mol. The van der Waals surface area contributed by atoms with E-state index >= 15 is 0 Å². The van der Waals surface area contributed by atoms with Crippen LogP contribution in [0.1, 0.15) is 46.0 Å². The van der Waals surface area contributed by atoms with E-state index in [2.05, 4.69) is 17.6 Å². The van der Waals surface area contributed by atoms with Crippen molar-refractivity contribution in [3.63, 3.8) is 0 Å². The Morgan fingerprint density at radius 2 is 2.12 bits per heavy atom. The van der Waals surface area contributed by atoms with Crippen LogP contribution in [0.5, 0.6) is 0 Å². The van der Waals surface area contributed by atoms with Gasteiger partial charge in [-0.1, -0.05) is 19.8 Å². The maximum absolute atomic E-state index is 11.7. The van der Waals surface area contributed by atoms with Gasteiger partial charge in [0.15, 0.2) is 0 Å². The summed E-state index contributed by atoms with van der Waals surface area (Å²) in [5, 5.41) is 15.3. The number of nitrogens with one attached hydrogen (secondary N) is 2. The third-order valence-corrected chi connectivity index (χ3v) is 3.55. The van der Waals surface area contributed by atoms with Gasteiger partial charge < -0.3 is 15.7 Å². The Balaban J connectivity index is 2.09. The van der Waals surface area contributed by atoms with Gasteiger partial charge in [-0.25, -0.2) is 0 Å². The molecule has 0 bridgehead atoms. The molecule has 4 heteroatoms. The van der Waals surface area contributed by atoms with Crippen LogP contribution in [-0.4, -0.2) is 36.8 Å². The topological polar surface area (TPSA) is 61.4 Å². The van der Waals surface area contributed by atoms with Crippen molar-refractivity contribution in [1.82, 2.24) is 10.6 Å². The Hall–Kier alpha value is -0.610. The van der Waals surface area contributed by atoms with Crippen molar-refractivity contribution in [3.05, 3.63) is 0 Å². The molecule has 0 aromatic carbocycles. The fraction of sp³-hybridized carbons (Fsp3) is 0.923. The van der Waals surface area contributed by atoms with Gasteiger partial charge in [0.2, 0.25) is 5.91 Å². The average Bonchev–Trinajstić information content (AvgIpc) is 3.12. The largest absolute Gasteiger partial charge is 0.396 e. The number of carbonyl (C=O) groups is 1. The van der Waals surface area contributed by atoms with Gasteiger partial charge in [-0.05, 0) is 26.2 Å². The minimum atomic E-state index is -0.166. The fourth-order valence-corrected chi connectivity index (χ4v) is 1.77. The summed E-state index contributed by atoms with van der Waals surface area (Å²) in [5.74, 6) is 0.0647. The van der Waals surface area contributed by atoms with Crippen LogP contribution in [0.4, 0.5) is 0 Å². The lowest BCUT2D eigenvalue weighted by Gasteiger charge is -2.18. The van der Waals surface area contributed by atoms with Gasteiger partial charge in [0, 0.05) is 25.1 Å². The molecular formula is C13H26N2O2. The molecular weight excluding hydrogens is 216 g/mol. The number of aliphatic hydroxyl groups is 1. The van der Waals surface area contributed by atoms with E-state index in [0.717, 1.165) is 38.8 Å². The van der Waals surface area contributed by atoms with Crippen molar-refractivity contribution in [2.75, 3.05) is 19.7 Å². The minimum absolute atomic E-state index is 0.0647. The lowest BCUT2D eigenvalue weighted by molar-refractivity contribution is -0.122. The highest BCUT2D eigenvalue weighted by Gasteiger charge is 2.41. The number of hydrogen-bond donors (Lipinski definition) is 3. The van der Waals surface area contributed by atoms with E-state index in [1.165, 1.54) is 6.42 Å². The molecule has 100 valence electrons. The molecule has 1 aliphatic rings. The first-order chi connectivity index (χ1) is 8.13. The van der Waals surface area contributed by atoms with E-state index < -0.39 is 0 Å². The molecule has 0 spiro atoms. The summed E-state index contributed by atoms with van der Waals surface area (Å²) >= 11 is 0. The Labute approximate surface area is 104 Å². The first-order valence-electron chi connectivity index (χ1n) is 6.75. The maximum Gasteiger partial charge on any atom is 0.236 e. The zero-order valence-corrected chi connectivity index (χ0v) is 11.1. The molecule has 1 amide bonds. The van der Waals surface area contributed by atoms with Crippen LogP contribution in [0, 0.1) is 5.41 Å². The van der Waals surface area contributed by atoms with Crippen LogP contribution >= 0.6 is 0 Å². The molecule has 1 saturated carbocycles. The Morgan fingerprint density at radius 3 is 2.65 bits per heavy atom. The van der Waals surface area contributed by atoms with E-state index in [1.807, 2.05) is 6.92 Å². The highest BCUT2D eigenvalue weighted by Crippen LogP contribution is 2.44. The second-order valence-corrected chi connectivity index (χ2v) is 5.26. The number of amides is 1. The molecule has 4 nitrogen and oxygen atoms in total. The molecule has 0 radical (unpaired) electrons. The molecule has 17 heavy (non-hydrogen) atoms. The molecule has 0 aromatic heterocycles. The molecule has 0 saturated heterocycles. The van der Waals surface area contributed by atoms with Crippen LogP contribution in [0.3, 0.4) is 0 Å². The Morgan fingerprint density at radius 1 is 1.41 bits per heavy atom. The van der Waals surface area contributed by atoms with Crippen LogP contribution in [0.2, 0.25) is 0 Å². The zero-order chi connectivity index (χ0) is 12.7. The normalized spacial score (nSPS) is 18.8. The third kappa shape index (κ3) is 5.04. The molecule has 0 aromatic rings. The predicted octanol–water partition coefficient (Wildman–Crippen LogP) is 1.04. The first-order valence-corrected chi connectivity index (χ1v) is 6.75. The van der Waals surface area contributed by atoms with E-state index in [9.17, 15) is 4.79 Å². The van der Waals surface area contributed by atoms with Gasteiger partial charge in [0.25, 0.3) is 0 Å². The second kappa shape index (κ2) is 6.97. The number of aliphatic hydroxyl groups excluding tert-OH is 1. The van der Waals surface area contributed by atoms with Crippen LogP contribution in [0.15, 0.2) is 0 Å². The van der Waals surface area contributed by atoms with Crippen molar-refractivity contribution in [2.45, 2.75) is 52.0 Å². The van der Waals surface area contributed by atoms with E-state index in [4.69, 9.17) is 5.11 Å². The summed E-state index contributed by atoms with van der Waals surface area (Å²) < 4.78 is 0. The van der Waals surface area contributed by atoms with Gasteiger partial charge in [-0.3, -0.25) is 4.79 Å².